The van der Waals surface area contributed by atoms with Crippen LogP contribution in [0.15, 0.2) is 72.8 Å². The average Bonchev–Trinajstić information content (AvgIpc) is 3.21. The number of hydrogen-bond donors (Lipinski definition) is 0. The zero-order chi connectivity index (χ0) is 20.5. The smallest absolute Gasteiger partial charge is 0.336 e. The fourth-order valence-corrected chi connectivity index (χ4v) is 4.01. The van der Waals surface area contributed by atoms with Gasteiger partial charge in [0.15, 0.2) is 5.06 Å². The lowest BCUT2D eigenvalue weighted by molar-refractivity contribution is -0.128. The van der Waals surface area contributed by atoms with Crippen molar-refractivity contribution in [1.29, 1.82) is 0 Å². The molecule has 0 aliphatic heterocycles. The Balaban J connectivity index is 1.64. The summed E-state index contributed by atoms with van der Waals surface area (Å²) in [5.74, 6) is -0.325. The van der Waals surface area contributed by atoms with Crippen molar-refractivity contribution in [1.82, 2.24) is 0 Å². The third kappa shape index (κ3) is 6.16. The number of hydrogen-bond acceptors (Lipinski definition) is 3. The first-order valence-electron chi connectivity index (χ1n) is 10.4. The number of allylic oxidation sites excluding steroid dienone is 1. The van der Waals surface area contributed by atoms with Crippen molar-refractivity contribution in [3.05, 3.63) is 78.4 Å². The Labute approximate surface area is 177 Å². The molecule has 0 aliphatic carbocycles. The molecule has 29 heavy (non-hydrogen) atoms. The SMILES string of the molecule is CC/C=C/C(=O)Oc1ccc(-c2ccc(-c3ccc(CCCCC)cc3)cc2)s1. The third-order valence-corrected chi connectivity index (χ3v) is 5.81. The van der Waals surface area contributed by atoms with Crippen LogP contribution in [0.5, 0.6) is 5.06 Å². The second kappa shape index (κ2) is 10.8. The molecule has 1 aromatic heterocycles. The van der Waals surface area contributed by atoms with Crippen LogP contribution in [-0.2, 0) is 11.2 Å². The van der Waals surface area contributed by atoms with Crippen LogP contribution in [0.1, 0.15) is 45.1 Å². The normalized spacial score (nSPS) is 11.1. The molecule has 3 aromatic rings. The van der Waals surface area contributed by atoms with Crippen molar-refractivity contribution in [3.8, 4) is 26.6 Å². The quantitative estimate of drug-likeness (QED) is 0.208. The van der Waals surface area contributed by atoms with E-state index in [1.54, 1.807) is 6.08 Å². The monoisotopic (exact) mass is 404 g/mol. The van der Waals surface area contributed by atoms with Crippen molar-refractivity contribution >= 4 is 17.3 Å². The molecule has 0 bridgehead atoms. The first-order chi connectivity index (χ1) is 14.2. The summed E-state index contributed by atoms with van der Waals surface area (Å²) in [7, 11) is 0. The Morgan fingerprint density at radius 2 is 1.52 bits per heavy atom. The van der Waals surface area contributed by atoms with Gasteiger partial charge in [-0.25, -0.2) is 4.79 Å². The van der Waals surface area contributed by atoms with E-state index in [1.807, 2.05) is 19.1 Å². The Bertz CT molecular complexity index is 934. The van der Waals surface area contributed by atoms with Gasteiger partial charge >= 0.3 is 5.97 Å². The van der Waals surface area contributed by atoms with E-state index in [4.69, 9.17) is 4.74 Å². The summed E-state index contributed by atoms with van der Waals surface area (Å²) >= 11 is 1.48. The fourth-order valence-electron chi connectivity index (χ4n) is 3.15. The number of aryl methyl sites for hydroxylation is 1. The van der Waals surface area contributed by atoms with Gasteiger partial charge in [0.2, 0.25) is 0 Å². The Morgan fingerprint density at radius 3 is 2.17 bits per heavy atom. The molecule has 3 heteroatoms. The van der Waals surface area contributed by atoms with Gasteiger partial charge in [0.05, 0.1) is 0 Å². The molecule has 0 N–H and O–H groups in total. The van der Waals surface area contributed by atoms with E-state index in [9.17, 15) is 4.79 Å². The first-order valence-corrected chi connectivity index (χ1v) is 11.2. The highest BCUT2D eigenvalue weighted by atomic mass is 32.1. The van der Waals surface area contributed by atoms with E-state index in [0.717, 1.165) is 23.3 Å². The molecule has 0 amide bonds. The highest BCUT2D eigenvalue weighted by Gasteiger charge is 2.07. The molecule has 150 valence electrons. The predicted octanol–water partition coefficient (Wildman–Crippen LogP) is 7.69. The summed E-state index contributed by atoms with van der Waals surface area (Å²) in [5.41, 5.74) is 4.98. The maximum absolute atomic E-state index is 11.7. The largest absolute Gasteiger partial charge is 0.412 e. The number of esters is 1. The minimum atomic E-state index is -0.325. The maximum Gasteiger partial charge on any atom is 0.336 e. The number of unbranched alkanes of at least 4 members (excludes halogenated alkanes) is 2. The summed E-state index contributed by atoms with van der Waals surface area (Å²) in [6.07, 6.45) is 9.07. The number of carbonyl (C=O) groups excluding carboxylic acids is 1. The highest BCUT2D eigenvalue weighted by molar-refractivity contribution is 7.17. The molecule has 1 heterocycles. The lowest BCUT2D eigenvalue weighted by Crippen LogP contribution is -2.01. The molecule has 0 radical (unpaired) electrons. The summed E-state index contributed by atoms with van der Waals surface area (Å²) in [6, 6.07) is 21.3. The lowest BCUT2D eigenvalue weighted by Gasteiger charge is -2.06. The van der Waals surface area contributed by atoms with Crippen LogP contribution < -0.4 is 4.74 Å². The molecular weight excluding hydrogens is 376 g/mol. The number of rotatable bonds is 9. The van der Waals surface area contributed by atoms with Gasteiger partial charge in [-0.05, 0) is 53.6 Å². The zero-order valence-electron chi connectivity index (χ0n) is 17.2. The molecule has 0 unspecified atom stereocenters. The zero-order valence-corrected chi connectivity index (χ0v) is 18.0. The lowest BCUT2D eigenvalue weighted by atomic mass is 10.0. The van der Waals surface area contributed by atoms with Crippen LogP contribution in [0, 0.1) is 0 Å². The Hall–Kier alpha value is -2.65. The summed E-state index contributed by atoms with van der Waals surface area (Å²) in [4.78, 5) is 12.8. The van der Waals surface area contributed by atoms with Gasteiger partial charge in [0.25, 0.3) is 0 Å². The Morgan fingerprint density at radius 1 is 0.862 bits per heavy atom. The van der Waals surface area contributed by atoms with Gasteiger partial charge in [0.1, 0.15) is 0 Å². The van der Waals surface area contributed by atoms with Gasteiger partial charge < -0.3 is 4.74 Å². The van der Waals surface area contributed by atoms with Crippen LogP contribution in [0.2, 0.25) is 0 Å². The highest BCUT2D eigenvalue weighted by Crippen LogP contribution is 2.34. The number of carbonyl (C=O) groups is 1. The molecule has 0 fully saturated rings. The first kappa shape index (κ1) is 21.1. The third-order valence-electron chi connectivity index (χ3n) is 4.80. The van der Waals surface area contributed by atoms with Crippen molar-refractivity contribution in [2.24, 2.45) is 0 Å². The Kier molecular flexibility index (Phi) is 7.83. The topological polar surface area (TPSA) is 26.3 Å². The van der Waals surface area contributed by atoms with Crippen LogP contribution in [0.25, 0.3) is 21.6 Å². The molecule has 2 aromatic carbocycles. The summed E-state index contributed by atoms with van der Waals surface area (Å²) < 4.78 is 5.35. The van der Waals surface area contributed by atoms with E-state index in [0.29, 0.717) is 5.06 Å². The van der Waals surface area contributed by atoms with Crippen molar-refractivity contribution in [3.63, 3.8) is 0 Å². The molecular formula is C26H28O2S. The van der Waals surface area contributed by atoms with Gasteiger partial charge in [-0.15, -0.1) is 0 Å². The molecule has 3 rings (SSSR count). The molecule has 2 nitrogen and oxygen atoms in total. The average molecular weight is 405 g/mol. The number of thiophene rings is 1. The fraction of sp³-hybridized carbons (Fsp3) is 0.269. The minimum Gasteiger partial charge on any atom is -0.412 e. The second-order valence-electron chi connectivity index (χ2n) is 7.08. The van der Waals surface area contributed by atoms with Crippen molar-refractivity contribution in [2.75, 3.05) is 0 Å². The van der Waals surface area contributed by atoms with Crippen molar-refractivity contribution < 1.29 is 9.53 Å². The van der Waals surface area contributed by atoms with Gasteiger partial charge in [0, 0.05) is 11.0 Å². The standard InChI is InChI=1S/C26H28O2S/c1-3-5-7-8-20-10-12-21(13-11-20)22-14-16-23(17-15-22)24-18-19-26(29-24)28-25(27)9-6-4-2/h6,9-19H,3-5,7-8H2,1-2H3/b9-6+. The molecule has 0 saturated carbocycles. The maximum atomic E-state index is 11.7. The van der Waals surface area contributed by atoms with Crippen LogP contribution in [0.4, 0.5) is 0 Å². The minimum absolute atomic E-state index is 0.325. The van der Waals surface area contributed by atoms with E-state index < -0.39 is 0 Å². The number of benzene rings is 2. The van der Waals surface area contributed by atoms with E-state index in [-0.39, 0.29) is 5.97 Å². The van der Waals surface area contributed by atoms with E-state index in [1.165, 1.54) is 53.4 Å². The van der Waals surface area contributed by atoms with E-state index in [2.05, 4.69) is 55.5 Å². The van der Waals surface area contributed by atoms with Crippen LogP contribution in [-0.4, -0.2) is 5.97 Å². The molecule has 0 spiro atoms. The predicted molar refractivity (Wildman–Crippen MR) is 123 cm³/mol. The van der Waals surface area contributed by atoms with Crippen molar-refractivity contribution in [2.45, 2.75) is 46.0 Å². The van der Waals surface area contributed by atoms with Crippen LogP contribution >= 0.6 is 11.3 Å². The number of ether oxygens (including phenoxy) is 1. The second-order valence-corrected chi connectivity index (χ2v) is 8.13. The molecule has 0 aliphatic rings. The van der Waals surface area contributed by atoms with Gasteiger partial charge in [-0.3, -0.25) is 0 Å². The molecule has 0 atom stereocenters. The summed E-state index contributed by atoms with van der Waals surface area (Å²) in [5, 5.41) is 0.619. The van der Waals surface area contributed by atoms with Gasteiger partial charge in [-0.2, -0.15) is 0 Å². The summed E-state index contributed by atoms with van der Waals surface area (Å²) in [6.45, 7) is 4.22. The van der Waals surface area contributed by atoms with Crippen LogP contribution in [0.3, 0.4) is 0 Å². The molecule has 0 saturated heterocycles. The van der Waals surface area contributed by atoms with E-state index >= 15 is 0 Å². The van der Waals surface area contributed by atoms with Gasteiger partial charge in [-0.1, -0.05) is 92.6 Å².